The summed E-state index contributed by atoms with van der Waals surface area (Å²) in [6.45, 7) is 1.43. The molecule has 0 saturated carbocycles. The average molecular weight is 307 g/mol. The number of nitrogens with one attached hydrogen (secondary N) is 2. The second-order valence-electron chi connectivity index (χ2n) is 5.11. The van der Waals surface area contributed by atoms with Crippen molar-refractivity contribution in [1.29, 1.82) is 5.26 Å². The highest BCUT2D eigenvalue weighted by Crippen LogP contribution is 2.18. The Morgan fingerprint density at radius 1 is 1.09 bits per heavy atom. The lowest BCUT2D eigenvalue weighted by Crippen LogP contribution is -2.29. The molecule has 5 heteroatoms. The maximum absolute atomic E-state index is 12.2. The van der Waals surface area contributed by atoms with Crippen molar-refractivity contribution in [2.45, 2.75) is 19.4 Å². The van der Waals surface area contributed by atoms with E-state index in [4.69, 9.17) is 5.26 Å². The summed E-state index contributed by atoms with van der Waals surface area (Å²) in [6.07, 6.45) is 0.129. The first-order chi connectivity index (χ1) is 11.1. The van der Waals surface area contributed by atoms with Crippen LogP contribution < -0.4 is 10.6 Å². The summed E-state index contributed by atoms with van der Waals surface area (Å²) in [5, 5.41) is 14.3. The predicted molar refractivity (Wildman–Crippen MR) is 87.4 cm³/mol. The molecule has 2 N–H and O–H groups in total. The van der Waals surface area contributed by atoms with Gasteiger partial charge in [0.25, 0.3) is 0 Å². The van der Waals surface area contributed by atoms with Crippen LogP contribution in [-0.4, -0.2) is 11.8 Å². The SMILES string of the molecule is CC(=O)NC(CC(=O)Nc1ccc(C#N)cc1)c1ccccc1. The highest BCUT2D eigenvalue weighted by molar-refractivity contribution is 5.91. The van der Waals surface area contributed by atoms with Crippen LogP contribution in [0.25, 0.3) is 0 Å². The van der Waals surface area contributed by atoms with Gasteiger partial charge in [-0.1, -0.05) is 30.3 Å². The lowest BCUT2D eigenvalue weighted by atomic mass is 10.0. The van der Waals surface area contributed by atoms with E-state index in [1.165, 1.54) is 6.92 Å². The molecule has 0 aliphatic carbocycles. The Bertz CT molecular complexity index is 718. The first kappa shape index (κ1) is 16.2. The van der Waals surface area contributed by atoms with E-state index in [0.29, 0.717) is 11.3 Å². The number of amides is 2. The summed E-state index contributed by atoms with van der Waals surface area (Å²) in [4.78, 5) is 23.6. The first-order valence-corrected chi connectivity index (χ1v) is 7.20. The summed E-state index contributed by atoms with van der Waals surface area (Å²) >= 11 is 0. The summed E-state index contributed by atoms with van der Waals surface area (Å²) in [5.41, 5.74) is 2.02. The molecule has 2 aromatic rings. The van der Waals surface area contributed by atoms with E-state index in [0.717, 1.165) is 5.56 Å². The lowest BCUT2D eigenvalue weighted by molar-refractivity contribution is -0.120. The molecule has 23 heavy (non-hydrogen) atoms. The minimum absolute atomic E-state index is 0.129. The van der Waals surface area contributed by atoms with Crippen LogP contribution in [0.4, 0.5) is 5.69 Å². The fourth-order valence-electron chi connectivity index (χ4n) is 2.21. The zero-order chi connectivity index (χ0) is 16.7. The molecule has 5 nitrogen and oxygen atoms in total. The largest absolute Gasteiger partial charge is 0.349 e. The van der Waals surface area contributed by atoms with Gasteiger partial charge in [0, 0.05) is 12.6 Å². The fraction of sp³-hybridized carbons (Fsp3) is 0.167. The van der Waals surface area contributed by atoms with E-state index >= 15 is 0 Å². The maximum Gasteiger partial charge on any atom is 0.226 e. The molecule has 2 rings (SSSR count). The Morgan fingerprint density at radius 2 is 1.74 bits per heavy atom. The number of hydrogen-bond donors (Lipinski definition) is 2. The van der Waals surface area contributed by atoms with E-state index in [1.807, 2.05) is 36.4 Å². The van der Waals surface area contributed by atoms with Crippen LogP contribution in [0.1, 0.15) is 30.5 Å². The summed E-state index contributed by atoms with van der Waals surface area (Å²) < 4.78 is 0. The average Bonchev–Trinajstić information content (AvgIpc) is 2.55. The summed E-state index contributed by atoms with van der Waals surface area (Å²) in [7, 11) is 0. The topological polar surface area (TPSA) is 82.0 Å². The van der Waals surface area contributed by atoms with Crippen LogP contribution in [0.5, 0.6) is 0 Å². The molecule has 2 aromatic carbocycles. The molecule has 1 atom stereocenters. The molecular weight excluding hydrogens is 290 g/mol. The van der Waals surface area contributed by atoms with E-state index in [1.54, 1.807) is 24.3 Å². The number of nitriles is 1. The summed E-state index contributed by atoms with van der Waals surface area (Å²) in [6, 6.07) is 17.6. The number of nitrogens with zero attached hydrogens (tertiary/aromatic N) is 1. The second-order valence-corrected chi connectivity index (χ2v) is 5.11. The Hall–Kier alpha value is -3.13. The van der Waals surface area contributed by atoms with Gasteiger partial charge in [-0.2, -0.15) is 5.26 Å². The third-order valence-corrected chi connectivity index (χ3v) is 3.27. The molecule has 0 saturated heterocycles. The summed E-state index contributed by atoms with van der Waals surface area (Å²) in [5.74, 6) is -0.401. The molecule has 0 fully saturated rings. The molecule has 0 aliphatic rings. The monoisotopic (exact) mass is 307 g/mol. The zero-order valence-electron chi connectivity index (χ0n) is 12.7. The van der Waals surface area contributed by atoms with Gasteiger partial charge in [-0.15, -0.1) is 0 Å². The van der Waals surface area contributed by atoms with Crippen LogP contribution in [0.15, 0.2) is 54.6 Å². The van der Waals surface area contributed by atoms with Gasteiger partial charge in [0.2, 0.25) is 11.8 Å². The van der Waals surface area contributed by atoms with Crippen molar-refractivity contribution in [3.05, 3.63) is 65.7 Å². The molecule has 0 aromatic heterocycles. The number of benzene rings is 2. The third kappa shape index (κ3) is 4.97. The minimum atomic E-state index is -0.382. The van der Waals surface area contributed by atoms with Gasteiger partial charge in [-0.05, 0) is 29.8 Å². The van der Waals surface area contributed by atoms with Crippen LogP contribution in [0, 0.1) is 11.3 Å². The first-order valence-electron chi connectivity index (χ1n) is 7.20. The molecule has 1 unspecified atom stereocenters. The number of carbonyl (C=O) groups is 2. The Morgan fingerprint density at radius 3 is 2.30 bits per heavy atom. The quantitative estimate of drug-likeness (QED) is 0.891. The maximum atomic E-state index is 12.2. The number of rotatable bonds is 5. The Kier molecular flexibility index (Phi) is 5.48. The van der Waals surface area contributed by atoms with Gasteiger partial charge in [0.1, 0.15) is 0 Å². The van der Waals surface area contributed by atoms with Crippen LogP contribution in [-0.2, 0) is 9.59 Å². The molecule has 0 bridgehead atoms. The highest BCUT2D eigenvalue weighted by Gasteiger charge is 2.17. The lowest BCUT2D eigenvalue weighted by Gasteiger charge is -2.18. The molecule has 0 spiro atoms. The molecular formula is C18H17N3O2. The van der Waals surface area contributed by atoms with Crippen molar-refractivity contribution < 1.29 is 9.59 Å². The highest BCUT2D eigenvalue weighted by atomic mass is 16.2. The third-order valence-electron chi connectivity index (χ3n) is 3.27. The van der Waals surface area contributed by atoms with E-state index in [-0.39, 0.29) is 24.3 Å². The smallest absolute Gasteiger partial charge is 0.226 e. The second kappa shape index (κ2) is 7.76. The van der Waals surface area contributed by atoms with Crippen LogP contribution in [0.2, 0.25) is 0 Å². The van der Waals surface area contributed by atoms with Crippen LogP contribution >= 0.6 is 0 Å². The Labute approximate surface area is 134 Å². The fourth-order valence-corrected chi connectivity index (χ4v) is 2.21. The molecule has 0 radical (unpaired) electrons. The normalized spacial score (nSPS) is 11.1. The Balaban J connectivity index is 2.05. The van der Waals surface area contributed by atoms with E-state index < -0.39 is 0 Å². The minimum Gasteiger partial charge on any atom is -0.349 e. The van der Waals surface area contributed by atoms with Gasteiger partial charge < -0.3 is 10.6 Å². The molecule has 0 aliphatic heterocycles. The predicted octanol–water partition coefficient (Wildman–Crippen LogP) is 2.76. The molecule has 0 heterocycles. The van der Waals surface area contributed by atoms with Crippen molar-refractivity contribution in [3.63, 3.8) is 0 Å². The van der Waals surface area contributed by atoms with Crippen LogP contribution in [0.3, 0.4) is 0 Å². The zero-order valence-corrected chi connectivity index (χ0v) is 12.7. The molecule has 116 valence electrons. The van der Waals surface area contributed by atoms with Crippen molar-refractivity contribution >= 4 is 17.5 Å². The van der Waals surface area contributed by atoms with Crippen molar-refractivity contribution in [3.8, 4) is 6.07 Å². The van der Waals surface area contributed by atoms with Gasteiger partial charge >= 0.3 is 0 Å². The van der Waals surface area contributed by atoms with Crippen molar-refractivity contribution in [2.24, 2.45) is 0 Å². The van der Waals surface area contributed by atoms with Gasteiger partial charge in [-0.25, -0.2) is 0 Å². The van der Waals surface area contributed by atoms with Gasteiger partial charge in [0.15, 0.2) is 0 Å². The number of hydrogen-bond acceptors (Lipinski definition) is 3. The molecule has 2 amide bonds. The van der Waals surface area contributed by atoms with E-state index in [9.17, 15) is 9.59 Å². The van der Waals surface area contributed by atoms with Crippen molar-refractivity contribution in [1.82, 2.24) is 5.32 Å². The van der Waals surface area contributed by atoms with Gasteiger partial charge in [0.05, 0.1) is 24.1 Å². The standard InChI is InChI=1S/C18H17N3O2/c1-13(22)20-17(15-5-3-2-4-6-15)11-18(23)21-16-9-7-14(12-19)8-10-16/h2-10,17H,11H2,1H3,(H,20,22)(H,21,23). The van der Waals surface area contributed by atoms with Crippen molar-refractivity contribution in [2.75, 3.05) is 5.32 Å². The number of carbonyl (C=O) groups excluding carboxylic acids is 2. The van der Waals surface area contributed by atoms with E-state index in [2.05, 4.69) is 10.6 Å². The van der Waals surface area contributed by atoms with Gasteiger partial charge in [-0.3, -0.25) is 9.59 Å². The number of anilines is 1.